The minimum absolute atomic E-state index is 0.0358. The third-order valence-electron chi connectivity index (χ3n) is 2.22. The Hall–Kier alpha value is -0.220. The van der Waals surface area contributed by atoms with Gasteiger partial charge in [0.15, 0.2) is 0 Å². The van der Waals surface area contributed by atoms with Gasteiger partial charge >= 0.3 is 0 Å². The third-order valence-corrected chi connectivity index (χ3v) is 3.31. The first kappa shape index (κ1) is 10.9. The molecule has 0 spiro atoms. The zero-order valence-electron chi connectivity index (χ0n) is 8.19. The highest BCUT2D eigenvalue weighted by Gasteiger charge is 2.27. The van der Waals surface area contributed by atoms with E-state index in [1.54, 1.807) is 11.8 Å². The highest BCUT2D eigenvalue weighted by Crippen LogP contribution is 2.18. The number of aliphatic hydroxyl groups is 1. The van der Waals surface area contributed by atoms with Crippen LogP contribution in [0.3, 0.4) is 0 Å². The van der Waals surface area contributed by atoms with Gasteiger partial charge in [0.1, 0.15) is 0 Å². The SMILES string of the molecule is CC(C)C(=O)N1CCSCC1CO. The van der Waals surface area contributed by atoms with E-state index in [2.05, 4.69) is 0 Å². The molecule has 0 saturated carbocycles. The summed E-state index contributed by atoms with van der Waals surface area (Å²) in [7, 11) is 0. The van der Waals surface area contributed by atoms with Gasteiger partial charge in [-0.25, -0.2) is 0 Å². The predicted molar refractivity (Wildman–Crippen MR) is 54.7 cm³/mol. The van der Waals surface area contributed by atoms with Gasteiger partial charge in [-0.2, -0.15) is 11.8 Å². The van der Waals surface area contributed by atoms with Gasteiger partial charge in [0, 0.05) is 24.0 Å². The van der Waals surface area contributed by atoms with E-state index in [1.165, 1.54) is 0 Å². The monoisotopic (exact) mass is 203 g/mol. The third kappa shape index (κ3) is 2.61. The maximum Gasteiger partial charge on any atom is 0.225 e. The average molecular weight is 203 g/mol. The fourth-order valence-corrected chi connectivity index (χ4v) is 2.48. The molecule has 0 aliphatic carbocycles. The van der Waals surface area contributed by atoms with E-state index in [0.717, 1.165) is 18.1 Å². The Kier molecular flexibility index (Phi) is 4.06. The second kappa shape index (κ2) is 4.86. The number of carbonyl (C=O) groups excluding carboxylic acids is 1. The number of hydrogen-bond donors (Lipinski definition) is 1. The molecule has 76 valence electrons. The van der Waals surface area contributed by atoms with Crippen molar-refractivity contribution in [3.63, 3.8) is 0 Å². The van der Waals surface area contributed by atoms with Gasteiger partial charge in [-0.3, -0.25) is 4.79 Å². The molecule has 1 rings (SSSR count). The van der Waals surface area contributed by atoms with Crippen LogP contribution >= 0.6 is 11.8 Å². The summed E-state index contributed by atoms with van der Waals surface area (Å²) in [5, 5.41) is 9.08. The molecule has 1 fully saturated rings. The first-order chi connectivity index (χ1) is 6.16. The number of amides is 1. The smallest absolute Gasteiger partial charge is 0.225 e. The van der Waals surface area contributed by atoms with Crippen molar-refractivity contribution < 1.29 is 9.90 Å². The van der Waals surface area contributed by atoms with Crippen molar-refractivity contribution in [3.8, 4) is 0 Å². The average Bonchev–Trinajstić information content (AvgIpc) is 2.16. The van der Waals surface area contributed by atoms with Crippen molar-refractivity contribution in [1.29, 1.82) is 0 Å². The van der Waals surface area contributed by atoms with Gasteiger partial charge < -0.3 is 10.0 Å². The molecular formula is C9H17NO2S. The lowest BCUT2D eigenvalue weighted by Crippen LogP contribution is -2.49. The van der Waals surface area contributed by atoms with Crippen LogP contribution in [0.5, 0.6) is 0 Å². The highest BCUT2D eigenvalue weighted by molar-refractivity contribution is 7.99. The number of nitrogens with zero attached hydrogens (tertiary/aromatic N) is 1. The molecule has 1 saturated heterocycles. The molecule has 0 bridgehead atoms. The molecule has 1 heterocycles. The quantitative estimate of drug-likeness (QED) is 0.713. The normalized spacial score (nSPS) is 23.7. The van der Waals surface area contributed by atoms with Gasteiger partial charge in [-0.1, -0.05) is 13.8 Å². The van der Waals surface area contributed by atoms with Crippen molar-refractivity contribution in [2.75, 3.05) is 24.7 Å². The van der Waals surface area contributed by atoms with Crippen LogP contribution in [0.1, 0.15) is 13.8 Å². The van der Waals surface area contributed by atoms with Crippen molar-refractivity contribution in [2.45, 2.75) is 19.9 Å². The summed E-state index contributed by atoms with van der Waals surface area (Å²) in [5.41, 5.74) is 0. The van der Waals surface area contributed by atoms with Gasteiger partial charge in [0.05, 0.1) is 12.6 Å². The Morgan fingerprint density at radius 2 is 2.38 bits per heavy atom. The Morgan fingerprint density at radius 1 is 1.69 bits per heavy atom. The molecule has 0 radical (unpaired) electrons. The van der Waals surface area contributed by atoms with E-state index in [1.807, 2.05) is 18.7 Å². The highest BCUT2D eigenvalue weighted by atomic mass is 32.2. The maximum atomic E-state index is 11.7. The Balaban J connectivity index is 2.58. The zero-order chi connectivity index (χ0) is 9.84. The lowest BCUT2D eigenvalue weighted by molar-refractivity contribution is -0.137. The van der Waals surface area contributed by atoms with Crippen molar-refractivity contribution in [1.82, 2.24) is 4.90 Å². The number of rotatable bonds is 2. The van der Waals surface area contributed by atoms with Crippen molar-refractivity contribution >= 4 is 17.7 Å². The molecule has 1 atom stereocenters. The molecule has 3 nitrogen and oxygen atoms in total. The largest absolute Gasteiger partial charge is 0.394 e. The molecule has 1 N–H and O–H groups in total. The van der Waals surface area contributed by atoms with E-state index < -0.39 is 0 Å². The first-order valence-electron chi connectivity index (χ1n) is 4.66. The van der Waals surface area contributed by atoms with Crippen LogP contribution in [0, 0.1) is 5.92 Å². The first-order valence-corrected chi connectivity index (χ1v) is 5.81. The van der Waals surface area contributed by atoms with E-state index in [9.17, 15) is 4.79 Å². The molecule has 1 amide bonds. The molecule has 0 aromatic carbocycles. The summed E-state index contributed by atoms with van der Waals surface area (Å²) < 4.78 is 0. The second-order valence-corrected chi connectivity index (χ2v) is 4.75. The summed E-state index contributed by atoms with van der Waals surface area (Å²) in [6.07, 6.45) is 0. The van der Waals surface area contributed by atoms with Crippen LogP contribution in [0.4, 0.5) is 0 Å². The van der Waals surface area contributed by atoms with Crippen LogP contribution < -0.4 is 0 Å². The molecule has 1 unspecified atom stereocenters. The standard InChI is InChI=1S/C9H17NO2S/c1-7(2)9(12)10-3-4-13-6-8(10)5-11/h7-8,11H,3-6H2,1-2H3. The molecule has 0 aromatic heterocycles. The van der Waals surface area contributed by atoms with Crippen LogP contribution in [0.2, 0.25) is 0 Å². The molecular weight excluding hydrogens is 186 g/mol. The van der Waals surface area contributed by atoms with E-state index in [-0.39, 0.29) is 24.5 Å². The number of aliphatic hydroxyl groups excluding tert-OH is 1. The summed E-state index contributed by atoms with van der Waals surface area (Å²) in [5.74, 6) is 2.07. The van der Waals surface area contributed by atoms with Crippen LogP contribution in [-0.4, -0.2) is 46.6 Å². The van der Waals surface area contributed by atoms with Gasteiger partial charge in [0.2, 0.25) is 5.91 Å². The van der Waals surface area contributed by atoms with Crippen LogP contribution in [0.15, 0.2) is 0 Å². The van der Waals surface area contributed by atoms with Gasteiger partial charge in [-0.15, -0.1) is 0 Å². The van der Waals surface area contributed by atoms with E-state index in [0.29, 0.717) is 0 Å². The topological polar surface area (TPSA) is 40.5 Å². The summed E-state index contributed by atoms with van der Waals surface area (Å²) in [6, 6.07) is 0.0358. The number of carbonyl (C=O) groups is 1. The van der Waals surface area contributed by atoms with Crippen LogP contribution in [0.25, 0.3) is 0 Å². The van der Waals surface area contributed by atoms with Crippen LogP contribution in [-0.2, 0) is 4.79 Å². The summed E-state index contributed by atoms with van der Waals surface area (Å²) in [4.78, 5) is 13.5. The molecule has 13 heavy (non-hydrogen) atoms. The second-order valence-electron chi connectivity index (χ2n) is 3.60. The molecule has 1 aliphatic heterocycles. The minimum Gasteiger partial charge on any atom is -0.394 e. The molecule has 1 aliphatic rings. The predicted octanol–water partition coefficient (Wildman–Crippen LogP) is 0.579. The Morgan fingerprint density at radius 3 is 2.92 bits per heavy atom. The minimum atomic E-state index is 0.0358. The zero-order valence-corrected chi connectivity index (χ0v) is 9.01. The number of thioether (sulfide) groups is 1. The Labute approximate surface area is 83.5 Å². The van der Waals surface area contributed by atoms with Gasteiger partial charge in [-0.05, 0) is 0 Å². The number of hydrogen-bond acceptors (Lipinski definition) is 3. The van der Waals surface area contributed by atoms with E-state index in [4.69, 9.17) is 5.11 Å². The van der Waals surface area contributed by atoms with E-state index >= 15 is 0 Å². The lowest BCUT2D eigenvalue weighted by atomic mass is 10.1. The summed E-state index contributed by atoms with van der Waals surface area (Å²) >= 11 is 1.81. The van der Waals surface area contributed by atoms with Gasteiger partial charge in [0.25, 0.3) is 0 Å². The fourth-order valence-electron chi connectivity index (χ4n) is 1.43. The van der Waals surface area contributed by atoms with Crippen molar-refractivity contribution in [2.24, 2.45) is 5.92 Å². The lowest BCUT2D eigenvalue weighted by Gasteiger charge is -2.35. The summed E-state index contributed by atoms with van der Waals surface area (Å²) in [6.45, 7) is 4.68. The molecule has 0 aromatic rings. The maximum absolute atomic E-state index is 11.7. The Bertz CT molecular complexity index is 184. The fraction of sp³-hybridized carbons (Fsp3) is 0.889. The molecule has 4 heteroatoms. The van der Waals surface area contributed by atoms with Crippen molar-refractivity contribution in [3.05, 3.63) is 0 Å².